The highest BCUT2D eigenvalue weighted by Gasteiger charge is 2.17. The van der Waals surface area contributed by atoms with Crippen LogP contribution in [-0.4, -0.2) is 21.3 Å². The average Bonchev–Trinajstić information content (AvgIpc) is 3.04. The Morgan fingerprint density at radius 1 is 1.38 bits per heavy atom. The van der Waals surface area contributed by atoms with E-state index in [1.54, 1.807) is 28.4 Å². The fourth-order valence-corrected chi connectivity index (χ4v) is 3.57. The van der Waals surface area contributed by atoms with Crippen LogP contribution in [0.5, 0.6) is 0 Å². The van der Waals surface area contributed by atoms with Gasteiger partial charge in [-0.25, -0.2) is 9.37 Å². The first kappa shape index (κ1) is 14.2. The molecule has 0 aliphatic rings. The van der Waals surface area contributed by atoms with Crippen LogP contribution in [0.1, 0.15) is 23.7 Å². The minimum absolute atomic E-state index is 0.165. The number of likely N-dealkylation sites (N-methyl/N-ethyl adjacent to an activating group) is 1. The molecule has 0 aliphatic carbocycles. The van der Waals surface area contributed by atoms with Crippen molar-refractivity contribution in [1.82, 2.24) is 20.1 Å². The van der Waals surface area contributed by atoms with Crippen LogP contribution in [0.4, 0.5) is 4.39 Å². The van der Waals surface area contributed by atoms with Gasteiger partial charge in [0.1, 0.15) is 18.0 Å². The van der Waals surface area contributed by atoms with E-state index in [0.29, 0.717) is 0 Å². The number of thiophene rings is 1. The van der Waals surface area contributed by atoms with Gasteiger partial charge >= 0.3 is 0 Å². The number of halogens is 1. The summed E-state index contributed by atoms with van der Waals surface area (Å²) in [6.45, 7) is 2.95. The van der Waals surface area contributed by atoms with Crippen LogP contribution in [0.25, 0.3) is 10.1 Å². The number of fused-ring (bicyclic) bond motifs is 1. The summed E-state index contributed by atoms with van der Waals surface area (Å²) < 4.78 is 16.1. The number of hydrogen-bond donors (Lipinski definition) is 1. The molecule has 0 radical (unpaired) electrons. The van der Waals surface area contributed by atoms with Crippen molar-refractivity contribution in [2.45, 2.75) is 19.4 Å². The predicted molar refractivity (Wildman–Crippen MR) is 82.9 cm³/mol. The smallest absolute Gasteiger partial charge is 0.138 e. The number of rotatable bonds is 5. The Kier molecular flexibility index (Phi) is 3.98. The van der Waals surface area contributed by atoms with E-state index >= 15 is 0 Å². The van der Waals surface area contributed by atoms with Crippen molar-refractivity contribution in [1.29, 1.82) is 0 Å². The van der Waals surface area contributed by atoms with Gasteiger partial charge in [0.2, 0.25) is 0 Å². The molecule has 4 nitrogen and oxygen atoms in total. The summed E-state index contributed by atoms with van der Waals surface area (Å²) in [5, 5.41) is 8.67. The highest BCUT2D eigenvalue weighted by molar-refractivity contribution is 7.19. The largest absolute Gasteiger partial charge is 0.309 e. The lowest BCUT2D eigenvalue weighted by Gasteiger charge is -2.15. The van der Waals surface area contributed by atoms with Gasteiger partial charge in [-0.3, -0.25) is 4.68 Å². The second-order valence-corrected chi connectivity index (χ2v) is 6.06. The predicted octanol–water partition coefficient (Wildman–Crippen LogP) is 3.06. The molecule has 0 saturated heterocycles. The molecular formula is C15H17FN4S. The standard InChI is InChI=1S/C15H17FN4S/c1-3-17-12(8-15-18-9-19-20(15)2)14-6-10-4-5-11(16)7-13(10)21-14/h4-7,9,12,17H,3,8H2,1-2H3. The first-order valence-electron chi connectivity index (χ1n) is 6.92. The molecule has 2 aromatic heterocycles. The zero-order valence-electron chi connectivity index (χ0n) is 12.0. The SMILES string of the molecule is CCNC(Cc1ncnn1C)c1cc2ccc(F)cc2s1. The molecule has 0 bridgehead atoms. The molecule has 1 aromatic carbocycles. The number of nitrogens with one attached hydrogen (secondary N) is 1. The molecule has 1 N–H and O–H groups in total. The Balaban J connectivity index is 1.93. The van der Waals surface area contributed by atoms with Crippen LogP contribution in [-0.2, 0) is 13.5 Å². The molecule has 3 aromatic rings. The van der Waals surface area contributed by atoms with Crippen molar-refractivity contribution in [2.75, 3.05) is 6.54 Å². The molecule has 0 saturated carbocycles. The first-order chi connectivity index (χ1) is 10.2. The quantitative estimate of drug-likeness (QED) is 0.788. The number of benzene rings is 1. The maximum Gasteiger partial charge on any atom is 0.138 e. The Hall–Kier alpha value is -1.79. The van der Waals surface area contributed by atoms with E-state index in [2.05, 4.69) is 28.4 Å². The van der Waals surface area contributed by atoms with E-state index in [0.717, 1.165) is 28.9 Å². The van der Waals surface area contributed by atoms with Crippen LogP contribution in [0.2, 0.25) is 0 Å². The maximum atomic E-state index is 13.3. The van der Waals surface area contributed by atoms with Gasteiger partial charge in [0, 0.05) is 29.1 Å². The van der Waals surface area contributed by atoms with E-state index in [-0.39, 0.29) is 11.9 Å². The molecule has 1 atom stereocenters. The second-order valence-electron chi connectivity index (χ2n) is 4.95. The molecule has 0 spiro atoms. The summed E-state index contributed by atoms with van der Waals surface area (Å²) in [7, 11) is 1.89. The molecule has 2 heterocycles. The Bertz CT molecular complexity index is 749. The number of aryl methyl sites for hydroxylation is 1. The molecular weight excluding hydrogens is 287 g/mol. The van der Waals surface area contributed by atoms with Crippen molar-refractivity contribution in [3.63, 3.8) is 0 Å². The van der Waals surface area contributed by atoms with Crippen molar-refractivity contribution in [3.05, 3.63) is 47.1 Å². The molecule has 3 rings (SSSR count). The third kappa shape index (κ3) is 2.96. The fraction of sp³-hybridized carbons (Fsp3) is 0.333. The topological polar surface area (TPSA) is 42.7 Å². The normalized spacial score (nSPS) is 12.9. The number of hydrogen-bond acceptors (Lipinski definition) is 4. The number of aromatic nitrogens is 3. The number of nitrogens with zero attached hydrogens (tertiary/aromatic N) is 3. The van der Waals surface area contributed by atoms with E-state index in [1.807, 2.05) is 13.1 Å². The van der Waals surface area contributed by atoms with Crippen LogP contribution in [0.3, 0.4) is 0 Å². The lowest BCUT2D eigenvalue weighted by molar-refractivity contribution is 0.529. The van der Waals surface area contributed by atoms with E-state index in [4.69, 9.17) is 0 Å². The average molecular weight is 304 g/mol. The summed E-state index contributed by atoms with van der Waals surface area (Å²) >= 11 is 1.63. The lowest BCUT2D eigenvalue weighted by Crippen LogP contribution is -2.23. The molecule has 6 heteroatoms. The lowest BCUT2D eigenvalue weighted by atomic mass is 10.1. The highest BCUT2D eigenvalue weighted by Crippen LogP contribution is 2.31. The van der Waals surface area contributed by atoms with Gasteiger partial charge in [-0.2, -0.15) is 5.10 Å². The Morgan fingerprint density at radius 3 is 2.95 bits per heavy atom. The molecule has 0 fully saturated rings. The minimum Gasteiger partial charge on any atom is -0.309 e. The van der Waals surface area contributed by atoms with Gasteiger partial charge in [-0.1, -0.05) is 13.0 Å². The molecule has 0 aliphatic heterocycles. The summed E-state index contributed by atoms with van der Waals surface area (Å²) in [6, 6.07) is 7.22. The van der Waals surface area contributed by atoms with Crippen molar-refractivity contribution >= 4 is 21.4 Å². The first-order valence-corrected chi connectivity index (χ1v) is 7.74. The van der Waals surface area contributed by atoms with Crippen LogP contribution < -0.4 is 5.32 Å². The summed E-state index contributed by atoms with van der Waals surface area (Å²) in [6.07, 6.45) is 2.33. The monoisotopic (exact) mass is 304 g/mol. The maximum absolute atomic E-state index is 13.3. The second kappa shape index (κ2) is 5.91. The molecule has 1 unspecified atom stereocenters. The van der Waals surface area contributed by atoms with Crippen LogP contribution in [0.15, 0.2) is 30.6 Å². The van der Waals surface area contributed by atoms with E-state index in [9.17, 15) is 4.39 Å². The van der Waals surface area contributed by atoms with Crippen LogP contribution in [0, 0.1) is 5.82 Å². The van der Waals surface area contributed by atoms with Crippen molar-refractivity contribution in [3.8, 4) is 0 Å². The zero-order chi connectivity index (χ0) is 14.8. The summed E-state index contributed by atoms with van der Waals surface area (Å²) in [4.78, 5) is 5.48. The third-order valence-electron chi connectivity index (χ3n) is 3.49. The van der Waals surface area contributed by atoms with E-state index in [1.165, 1.54) is 10.9 Å². The third-order valence-corrected chi connectivity index (χ3v) is 4.70. The summed E-state index contributed by atoms with van der Waals surface area (Å²) in [5.41, 5.74) is 0. The Labute approximate surface area is 126 Å². The van der Waals surface area contributed by atoms with Crippen molar-refractivity contribution < 1.29 is 4.39 Å². The van der Waals surface area contributed by atoms with Gasteiger partial charge in [0.25, 0.3) is 0 Å². The van der Waals surface area contributed by atoms with Gasteiger partial charge in [-0.15, -0.1) is 11.3 Å². The van der Waals surface area contributed by atoms with Gasteiger partial charge in [0.15, 0.2) is 0 Å². The molecule has 21 heavy (non-hydrogen) atoms. The van der Waals surface area contributed by atoms with E-state index < -0.39 is 0 Å². The van der Waals surface area contributed by atoms with Crippen molar-refractivity contribution in [2.24, 2.45) is 7.05 Å². The van der Waals surface area contributed by atoms with Crippen LogP contribution >= 0.6 is 11.3 Å². The Morgan fingerprint density at radius 2 is 2.24 bits per heavy atom. The molecule has 0 amide bonds. The fourth-order valence-electron chi connectivity index (χ4n) is 2.40. The van der Waals surface area contributed by atoms with Gasteiger partial charge in [-0.05, 0) is 30.1 Å². The van der Waals surface area contributed by atoms with Gasteiger partial charge < -0.3 is 5.32 Å². The summed E-state index contributed by atoms with van der Waals surface area (Å²) in [5.74, 6) is 0.744. The highest BCUT2D eigenvalue weighted by atomic mass is 32.1. The molecule has 110 valence electrons. The zero-order valence-corrected chi connectivity index (χ0v) is 12.8. The minimum atomic E-state index is -0.191. The van der Waals surface area contributed by atoms with Gasteiger partial charge in [0.05, 0.1) is 0 Å².